The Kier molecular flexibility index (Phi) is 4.81. The molecule has 1 aromatic rings. The van der Waals surface area contributed by atoms with Gasteiger partial charge in [0.15, 0.2) is 0 Å². The molecule has 1 aromatic carbocycles. The number of carbonyl (C=O) groups is 1. The van der Waals surface area contributed by atoms with Gasteiger partial charge in [0.2, 0.25) is 0 Å². The van der Waals surface area contributed by atoms with Gasteiger partial charge in [-0.05, 0) is 13.0 Å². The van der Waals surface area contributed by atoms with Crippen LogP contribution in [0.25, 0.3) is 0 Å². The van der Waals surface area contributed by atoms with Crippen molar-refractivity contribution >= 4 is 17.3 Å². The highest BCUT2D eigenvalue weighted by Gasteiger charge is 2.25. The zero-order chi connectivity index (χ0) is 16.3. The lowest BCUT2D eigenvalue weighted by Gasteiger charge is -2.37. The van der Waals surface area contributed by atoms with Crippen LogP contribution >= 0.6 is 0 Å². The number of methoxy groups -OCH3 is 1. The maximum atomic E-state index is 11.7. The van der Waals surface area contributed by atoms with E-state index in [0.29, 0.717) is 31.9 Å². The molecule has 8 heteroatoms. The van der Waals surface area contributed by atoms with E-state index in [2.05, 4.69) is 0 Å². The van der Waals surface area contributed by atoms with Crippen LogP contribution in [0.2, 0.25) is 0 Å². The number of aliphatic hydroxyl groups is 1. The highest BCUT2D eigenvalue weighted by Crippen LogP contribution is 2.32. The summed E-state index contributed by atoms with van der Waals surface area (Å²) >= 11 is 0. The molecule has 8 nitrogen and oxygen atoms in total. The van der Waals surface area contributed by atoms with Gasteiger partial charge in [-0.2, -0.15) is 0 Å². The average molecular weight is 309 g/mol. The van der Waals surface area contributed by atoms with Crippen molar-refractivity contribution in [3.8, 4) is 5.75 Å². The van der Waals surface area contributed by atoms with Crippen LogP contribution in [0, 0.1) is 10.1 Å². The third kappa shape index (κ3) is 3.28. The molecule has 22 heavy (non-hydrogen) atoms. The molecule has 0 spiro atoms. The van der Waals surface area contributed by atoms with Crippen LogP contribution in [0.4, 0.5) is 11.4 Å². The van der Waals surface area contributed by atoms with Crippen LogP contribution in [0.3, 0.4) is 0 Å². The summed E-state index contributed by atoms with van der Waals surface area (Å²) in [4.78, 5) is 25.7. The van der Waals surface area contributed by atoms with Crippen LogP contribution in [0.5, 0.6) is 5.75 Å². The first-order chi connectivity index (χ1) is 10.4. The van der Waals surface area contributed by atoms with E-state index in [4.69, 9.17) is 4.74 Å². The number of aliphatic hydroxyl groups excluding tert-OH is 1. The molecular weight excluding hydrogens is 290 g/mol. The number of nitro benzene ring substituents is 1. The summed E-state index contributed by atoms with van der Waals surface area (Å²) in [6, 6.07) is 4.48. The standard InChI is InChI=1S/C14H19N3O5/c1-10(18)14(19)16-7-5-15(6-8-16)12-4-3-11(17(20)21)9-13(12)22-2/h3-4,9-10,18H,5-8H2,1-2H3. The monoisotopic (exact) mass is 309 g/mol. The average Bonchev–Trinajstić information content (AvgIpc) is 2.53. The number of hydrogen-bond donors (Lipinski definition) is 1. The second-order valence-electron chi connectivity index (χ2n) is 5.10. The van der Waals surface area contributed by atoms with E-state index in [-0.39, 0.29) is 11.6 Å². The summed E-state index contributed by atoms with van der Waals surface area (Å²) in [6.07, 6.45) is -1.000. The van der Waals surface area contributed by atoms with Crippen LogP contribution in [-0.4, -0.2) is 60.2 Å². The number of nitro groups is 1. The van der Waals surface area contributed by atoms with Gasteiger partial charge >= 0.3 is 0 Å². The molecule has 1 saturated heterocycles. The second-order valence-corrected chi connectivity index (χ2v) is 5.10. The largest absolute Gasteiger partial charge is 0.494 e. The molecule has 0 radical (unpaired) electrons. The van der Waals surface area contributed by atoms with Crippen molar-refractivity contribution in [1.29, 1.82) is 0 Å². The molecular formula is C14H19N3O5. The topological polar surface area (TPSA) is 96.2 Å². The van der Waals surface area contributed by atoms with E-state index in [1.807, 2.05) is 4.90 Å². The molecule has 1 aliphatic heterocycles. The molecule has 1 fully saturated rings. The summed E-state index contributed by atoms with van der Waals surface area (Å²) in [6.45, 7) is 3.58. The maximum absolute atomic E-state index is 11.7. The van der Waals surface area contributed by atoms with Crippen molar-refractivity contribution in [3.63, 3.8) is 0 Å². The molecule has 1 amide bonds. The predicted octanol–water partition coefficient (Wildman–Crippen LogP) is 0.633. The van der Waals surface area contributed by atoms with E-state index < -0.39 is 11.0 Å². The summed E-state index contributed by atoms with van der Waals surface area (Å²) in [5.74, 6) is 0.153. The summed E-state index contributed by atoms with van der Waals surface area (Å²) in [5, 5.41) is 20.1. The Morgan fingerprint density at radius 2 is 2.00 bits per heavy atom. The first-order valence-electron chi connectivity index (χ1n) is 6.98. The van der Waals surface area contributed by atoms with Gasteiger partial charge in [-0.1, -0.05) is 0 Å². The van der Waals surface area contributed by atoms with Crippen molar-refractivity contribution in [3.05, 3.63) is 28.3 Å². The summed E-state index contributed by atoms with van der Waals surface area (Å²) in [7, 11) is 1.47. The fourth-order valence-corrected chi connectivity index (χ4v) is 2.47. The molecule has 1 atom stereocenters. The number of non-ortho nitro benzene ring substituents is 1. The number of benzene rings is 1. The molecule has 1 aliphatic rings. The second kappa shape index (κ2) is 6.61. The van der Waals surface area contributed by atoms with E-state index in [1.54, 1.807) is 11.0 Å². The molecule has 1 N–H and O–H groups in total. The van der Waals surface area contributed by atoms with Gasteiger partial charge in [0.05, 0.1) is 23.8 Å². The number of rotatable bonds is 4. The maximum Gasteiger partial charge on any atom is 0.273 e. The van der Waals surface area contributed by atoms with E-state index in [1.165, 1.54) is 26.2 Å². The summed E-state index contributed by atoms with van der Waals surface area (Å²) < 4.78 is 5.24. The molecule has 0 saturated carbocycles. The minimum Gasteiger partial charge on any atom is -0.494 e. The highest BCUT2D eigenvalue weighted by atomic mass is 16.6. The number of hydrogen-bond acceptors (Lipinski definition) is 6. The lowest BCUT2D eigenvalue weighted by molar-refractivity contribution is -0.384. The smallest absolute Gasteiger partial charge is 0.273 e. The minimum absolute atomic E-state index is 0.0245. The quantitative estimate of drug-likeness (QED) is 0.647. The van der Waals surface area contributed by atoms with E-state index >= 15 is 0 Å². The predicted molar refractivity (Wildman–Crippen MR) is 80.1 cm³/mol. The SMILES string of the molecule is COc1cc([N+](=O)[O-])ccc1N1CCN(C(=O)C(C)O)CC1. The number of carbonyl (C=O) groups excluding carboxylic acids is 1. The number of amides is 1. The lowest BCUT2D eigenvalue weighted by atomic mass is 10.2. The Labute approximate surface area is 128 Å². The van der Waals surface area contributed by atoms with Gasteiger partial charge in [0, 0.05) is 32.2 Å². The first kappa shape index (κ1) is 16.0. The zero-order valence-corrected chi connectivity index (χ0v) is 12.6. The highest BCUT2D eigenvalue weighted by molar-refractivity contribution is 5.80. The van der Waals surface area contributed by atoms with Crippen LogP contribution < -0.4 is 9.64 Å². The molecule has 2 rings (SSSR count). The van der Waals surface area contributed by atoms with Crippen LogP contribution in [0.15, 0.2) is 18.2 Å². The van der Waals surface area contributed by atoms with Gasteiger partial charge in [0.25, 0.3) is 11.6 Å². The van der Waals surface area contributed by atoms with E-state index in [0.717, 1.165) is 5.69 Å². The minimum atomic E-state index is -1.000. The van der Waals surface area contributed by atoms with Crippen molar-refractivity contribution < 1.29 is 19.6 Å². The number of ether oxygens (including phenoxy) is 1. The Bertz CT molecular complexity index is 568. The Morgan fingerprint density at radius 3 is 2.50 bits per heavy atom. The van der Waals surface area contributed by atoms with Crippen LogP contribution in [-0.2, 0) is 4.79 Å². The van der Waals surface area contributed by atoms with Crippen molar-refractivity contribution in [2.45, 2.75) is 13.0 Å². The van der Waals surface area contributed by atoms with Gasteiger partial charge in [0.1, 0.15) is 11.9 Å². The molecule has 0 aliphatic carbocycles. The van der Waals surface area contributed by atoms with Gasteiger partial charge in [-0.15, -0.1) is 0 Å². The van der Waals surface area contributed by atoms with Gasteiger partial charge < -0.3 is 19.6 Å². The van der Waals surface area contributed by atoms with Gasteiger partial charge in [-0.3, -0.25) is 14.9 Å². The molecule has 120 valence electrons. The van der Waals surface area contributed by atoms with Crippen LogP contribution in [0.1, 0.15) is 6.92 Å². The fraction of sp³-hybridized carbons (Fsp3) is 0.500. The van der Waals surface area contributed by atoms with Gasteiger partial charge in [-0.25, -0.2) is 0 Å². The molecule has 1 unspecified atom stereocenters. The fourth-order valence-electron chi connectivity index (χ4n) is 2.47. The molecule has 1 heterocycles. The number of piperazine rings is 1. The number of nitrogens with zero attached hydrogens (tertiary/aromatic N) is 3. The van der Waals surface area contributed by atoms with Crippen molar-refractivity contribution in [1.82, 2.24) is 4.90 Å². The Hall–Kier alpha value is -2.35. The van der Waals surface area contributed by atoms with Crippen molar-refractivity contribution in [2.75, 3.05) is 38.2 Å². The lowest BCUT2D eigenvalue weighted by Crippen LogP contribution is -2.51. The third-order valence-electron chi connectivity index (χ3n) is 3.66. The van der Waals surface area contributed by atoms with Crippen molar-refractivity contribution in [2.24, 2.45) is 0 Å². The summed E-state index contributed by atoms with van der Waals surface area (Å²) in [5.41, 5.74) is 0.737. The Morgan fingerprint density at radius 1 is 1.36 bits per heavy atom. The molecule has 0 aromatic heterocycles. The third-order valence-corrected chi connectivity index (χ3v) is 3.66. The Balaban J connectivity index is 2.11. The number of anilines is 1. The normalized spacial score (nSPS) is 16.3. The first-order valence-corrected chi connectivity index (χ1v) is 6.98. The molecule has 0 bridgehead atoms. The zero-order valence-electron chi connectivity index (χ0n) is 12.6. The van der Waals surface area contributed by atoms with E-state index in [9.17, 15) is 20.0 Å².